The lowest BCUT2D eigenvalue weighted by Gasteiger charge is -2.18. The highest BCUT2D eigenvalue weighted by molar-refractivity contribution is 5.97. The van der Waals surface area contributed by atoms with Gasteiger partial charge in [-0.15, -0.1) is 0 Å². The van der Waals surface area contributed by atoms with Crippen LogP contribution in [-0.4, -0.2) is 41.8 Å². The van der Waals surface area contributed by atoms with Crippen molar-refractivity contribution >= 4 is 28.9 Å². The maximum Gasteiger partial charge on any atom is 0.293 e. The standard InChI is InChI=1S/C21H26N4O4/c1-13-9-10-17(25(28)29)21(16(13)4)23-19(27)12-24(5)11-18(26)22-20-14(2)7-6-8-15(20)3/h6-10H,11-12H2,1-5H3,(H,22,26)(H,23,27). The van der Waals surface area contributed by atoms with E-state index in [1.165, 1.54) is 6.07 Å². The zero-order valence-corrected chi connectivity index (χ0v) is 17.3. The molecule has 0 aliphatic carbocycles. The molecule has 2 aromatic rings. The van der Waals surface area contributed by atoms with Crippen LogP contribution in [0.5, 0.6) is 0 Å². The lowest BCUT2D eigenvalue weighted by molar-refractivity contribution is -0.384. The minimum atomic E-state index is -0.524. The fourth-order valence-electron chi connectivity index (χ4n) is 3.03. The van der Waals surface area contributed by atoms with Crippen LogP contribution in [0.15, 0.2) is 30.3 Å². The van der Waals surface area contributed by atoms with Gasteiger partial charge in [-0.1, -0.05) is 24.3 Å². The van der Waals surface area contributed by atoms with E-state index in [-0.39, 0.29) is 30.4 Å². The molecule has 0 radical (unpaired) electrons. The second-order valence-corrected chi connectivity index (χ2v) is 7.19. The van der Waals surface area contributed by atoms with Gasteiger partial charge in [0.15, 0.2) is 0 Å². The molecule has 154 valence electrons. The molecule has 29 heavy (non-hydrogen) atoms. The molecule has 0 saturated carbocycles. The zero-order valence-electron chi connectivity index (χ0n) is 17.3. The molecule has 0 spiro atoms. The Morgan fingerprint density at radius 2 is 1.41 bits per heavy atom. The number of carbonyl (C=O) groups excluding carboxylic acids is 2. The minimum Gasteiger partial charge on any atom is -0.324 e. The maximum absolute atomic E-state index is 12.4. The number of hydrogen-bond acceptors (Lipinski definition) is 5. The van der Waals surface area contributed by atoms with Crippen molar-refractivity contribution in [3.8, 4) is 0 Å². The van der Waals surface area contributed by atoms with Gasteiger partial charge in [0, 0.05) is 11.8 Å². The van der Waals surface area contributed by atoms with Gasteiger partial charge in [-0.2, -0.15) is 0 Å². The Morgan fingerprint density at radius 3 is 1.93 bits per heavy atom. The number of hydrogen-bond donors (Lipinski definition) is 2. The predicted molar refractivity (Wildman–Crippen MR) is 113 cm³/mol. The third kappa shape index (κ3) is 5.61. The van der Waals surface area contributed by atoms with Crippen molar-refractivity contribution in [3.05, 3.63) is 62.7 Å². The normalized spacial score (nSPS) is 10.7. The largest absolute Gasteiger partial charge is 0.324 e. The molecule has 0 saturated heterocycles. The second-order valence-electron chi connectivity index (χ2n) is 7.19. The summed E-state index contributed by atoms with van der Waals surface area (Å²) < 4.78 is 0. The van der Waals surface area contributed by atoms with Crippen LogP contribution in [0.4, 0.5) is 17.1 Å². The molecule has 2 aromatic carbocycles. The van der Waals surface area contributed by atoms with Crippen LogP contribution < -0.4 is 10.6 Å². The number of aryl methyl sites for hydroxylation is 3. The van der Waals surface area contributed by atoms with E-state index in [1.807, 2.05) is 39.0 Å². The fourth-order valence-corrected chi connectivity index (χ4v) is 3.03. The Labute approximate surface area is 170 Å². The summed E-state index contributed by atoms with van der Waals surface area (Å²) in [5.74, 6) is -0.667. The lowest BCUT2D eigenvalue weighted by atomic mass is 10.1. The van der Waals surface area contributed by atoms with E-state index < -0.39 is 10.8 Å². The molecule has 0 atom stereocenters. The van der Waals surface area contributed by atoms with Crippen LogP contribution in [-0.2, 0) is 9.59 Å². The van der Waals surface area contributed by atoms with E-state index in [0.29, 0.717) is 5.56 Å². The molecular weight excluding hydrogens is 372 g/mol. The van der Waals surface area contributed by atoms with Gasteiger partial charge in [0.25, 0.3) is 5.69 Å². The predicted octanol–water partition coefficient (Wildman–Crippen LogP) is 3.34. The third-order valence-electron chi connectivity index (χ3n) is 4.75. The summed E-state index contributed by atoms with van der Waals surface area (Å²) in [5, 5.41) is 16.7. The van der Waals surface area contributed by atoms with Gasteiger partial charge >= 0.3 is 0 Å². The topological polar surface area (TPSA) is 105 Å². The number of carbonyl (C=O) groups is 2. The average Bonchev–Trinajstić information content (AvgIpc) is 2.61. The minimum absolute atomic E-state index is 0.0100. The van der Waals surface area contributed by atoms with Gasteiger partial charge in [-0.3, -0.25) is 24.6 Å². The van der Waals surface area contributed by atoms with Gasteiger partial charge in [0.1, 0.15) is 5.69 Å². The molecule has 0 unspecified atom stereocenters. The second kappa shape index (κ2) is 9.29. The summed E-state index contributed by atoms with van der Waals surface area (Å²) in [6.45, 7) is 7.30. The molecule has 0 fully saturated rings. The van der Waals surface area contributed by atoms with Crippen molar-refractivity contribution in [2.75, 3.05) is 30.8 Å². The maximum atomic E-state index is 12.4. The number of nitrogens with zero attached hydrogens (tertiary/aromatic N) is 2. The number of anilines is 2. The van der Waals surface area contributed by atoms with Crippen LogP contribution in [0.3, 0.4) is 0 Å². The van der Waals surface area contributed by atoms with Crippen LogP contribution in [0.1, 0.15) is 22.3 Å². The van der Waals surface area contributed by atoms with Crippen molar-refractivity contribution in [2.45, 2.75) is 27.7 Å². The van der Waals surface area contributed by atoms with Gasteiger partial charge in [0.2, 0.25) is 11.8 Å². The Bertz CT molecular complexity index is 936. The van der Waals surface area contributed by atoms with Gasteiger partial charge < -0.3 is 10.6 Å². The molecular formula is C21H26N4O4. The van der Waals surface area contributed by atoms with Crippen LogP contribution in [0.2, 0.25) is 0 Å². The van der Waals surface area contributed by atoms with Crippen LogP contribution >= 0.6 is 0 Å². The van der Waals surface area contributed by atoms with Gasteiger partial charge in [-0.05, 0) is 57.0 Å². The van der Waals surface area contributed by atoms with Crippen molar-refractivity contribution in [2.24, 2.45) is 0 Å². The van der Waals surface area contributed by atoms with Crippen molar-refractivity contribution in [1.82, 2.24) is 4.90 Å². The van der Waals surface area contributed by atoms with Crippen molar-refractivity contribution < 1.29 is 14.5 Å². The lowest BCUT2D eigenvalue weighted by Crippen LogP contribution is -2.36. The molecule has 0 aromatic heterocycles. The number of nitro benzene ring substituents is 1. The highest BCUT2D eigenvalue weighted by atomic mass is 16.6. The molecule has 2 amide bonds. The van der Waals surface area contributed by atoms with E-state index in [0.717, 1.165) is 22.4 Å². The first-order valence-electron chi connectivity index (χ1n) is 9.19. The van der Waals surface area contributed by atoms with Crippen molar-refractivity contribution in [1.29, 1.82) is 0 Å². The molecule has 8 nitrogen and oxygen atoms in total. The van der Waals surface area contributed by atoms with E-state index in [9.17, 15) is 19.7 Å². The zero-order chi connectivity index (χ0) is 21.7. The van der Waals surface area contributed by atoms with Crippen molar-refractivity contribution in [3.63, 3.8) is 0 Å². The Hall–Kier alpha value is -3.26. The number of nitrogens with one attached hydrogen (secondary N) is 2. The molecule has 2 rings (SSSR count). The molecule has 8 heteroatoms. The van der Waals surface area contributed by atoms with Crippen LogP contribution in [0, 0.1) is 37.8 Å². The highest BCUT2D eigenvalue weighted by Gasteiger charge is 2.20. The van der Waals surface area contributed by atoms with E-state index >= 15 is 0 Å². The molecule has 0 heterocycles. The summed E-state index contributed by atoms with van der Waals surface area (Å²) in [7, 11) is 1.64. The third-order valence-corrected chi connectivity index (χ3v) is 4.75. The summed E-state index contributed by atoms with van der Waals surface area (Å²) in [5.41, 5.74) is 4.20. The highest BCUT2D eigenvalue weighted by Crippen LogP contribution is 2.30. The number of likely N-dealkylation sites (N-methyl/N-ethyl adjacent to an activating group) is 1. The SMILES string of the molecule is Cc1ccc([N+](=O)[O-])c(NC(=O)CN(C)CC(=O)Nc2c(C)cccc2C)c1C. The van der Waals surface area contributed by atoms with Gasteiger partial charge in [-0.25, -0.2) is 0 Å². The quantitative estimate of drug-likeness (QED) is 0.550. The molecule has 0 aliphatic heterocycles. The molecule has 0 bridgehead atoms. The Kier molecular flexibility index (Phi) is 7.06. The summed E-state index contributed by atoms with van der Waals surface area (Å²) in [6.07, 6.45) is 0. The first-order chi connectivity index (χ1) is 13.6. The first-order valence-corrected chi connectivity index (χ1v) is 9.19. The van der Waals surface area contributed by atoms with Crippen LogP contribution in [0.25, 0.3) is 0 Å². The van der Waals surface area contributed by atoms with E-state index in [2.05, 4.69) is 10.6 Å². The Balaban J connectivity index is 2.00. The molecule has 2 N–H and O–H groups in total. The number of benzene rings is 2. The number of para-hydroxylation sites is 1. The number of amides is 2. The van der Waals surface area contributed by atoms with Gasteiger partial charge in [0.05, 0.1) is 18.0 Å². The fraction of sp³-hybridized carbons (Fsp3) is 0.333. The Morgan fingerprint density at radius 1 is 0.897 bits per heavy atom. The summed E-state index contributed by atoms with van der Waals surface area (Å²) in [6, 6.07) is 8.77. The van der Waals surface area contributed by atoms with E-state index in [1.54, 1.807) is 24.9 Å². The average molecular weight is 398 g/mol. The smallest absolute Gasteiger partial charge is 0.293 e. The van der Waals surface area contributed by atoms with E-state index in [4.69, 9.17) is 0 Å². The number of rotatable bonds is 7. The summed E-state index contributed by atoms with van der Waals surface area (Å²) in [4.78, 5) is 37.0. The summed E-state index contributed by atoms with van der Waals surface area (Å²) >= 11 is 0. The number of nitro groups is 1. The molecule has 0 aliphatic rings. The monoisotopic (exact) mass is 398 g/mol. The first kappa shape index (κ1) is 22.0.